The fourth-order valence-electron chi connectivity index (χ4n) is 1.69. The number of rotatable bonds is 7. The maximum Gasteiger partial charge on any atom is 0.313 e. The van der Waals surface area contributed by atoms with Crippen molar-refractivity contribution in [2.75, 3.05) is 26.4 Å². The molecule has 0 aromatic carbocycles. The molecule has 15 heavy (non-hydrogen) atoms. The van der Waals surface area contributed by atoms with Gasteiger partial charge in [-0.15, -0.1) is 0 Å². The molecule has 1 saturated carbocycles. The molecule has 0 aliphatic heterocycles. The molecule has 88 valence electrons. The van der Waals surface area contributed by atoms with Crippen LogP contribution in [0.15, 0.2) is 0 Å². The summed E-state index contributed by atoms with van der Waals surface area (Å²) in [5.74, 6) is -0.142. The maximum atomic E-state index is 11.7. The molecule has 1 aliphatic carbocycles. The van der Waals surface area contributed by atoms with Crippen molar-refractivity contribution in [2.24, 2.45) is 11.1 Å². The summed E-state index contributed by atoms with van der Waals surface area (Å²) < 4.78 is 10.4. The summed E-state index contributed by atoms with van der Waals surface area (Å²) in [6, 6.07) is 0. The van der Waals surface area contributed by atoms with Crippen LogP contribution >= 0.6 is 0 Å². The summed E-state index contributed by atoms with van der Waals surface area (Å²) in [5, 5.41) is 0. The Morgan fingerprint density at radius 1 is 1.33 bits per heavy atom. The van der Waals surface area contributed by atoms with Gasteiger partial charge in [-0.2, -0.15) is 0 Å². The molecule has 4 heteroatoms. The van der Waals surface area contributed by atoms with Gasteiger partial charge in [-0.1, -0.05) is 13.3 Å². The van der Waals surface area contributed by atoms with E-state index in [1.165, 1.54) is 0 Å². The van der Waals surface area contributed by atoms with Gasteiger partial charge in [-0.25, -0.2) is 0 Å². The molecule has 1 rings (SSSR count). The average Bonchev–Trinajstić information content (AvgIpc) is 2.17. The molecule has 2 N–H and O–H groups in total. The van der Waals surface area contributed by atoms with E-state index >= 15 is 0 Å². The van der Waals surface area contributed by atoms with Gasteiger partial charge >= 0.3 is 5.97 Å². The largest absolute Gasteiger partial charge is 0.463 e. The number of nitrogens with two attached hydrogens (primary N) is 1. The zero-order valence-electron chi connectivity index (χ0n) is 9.46. The minimum atomic E-state index is -0.370. The Morgan fingerprint density at radius 2 is 2.07 bits per heavy atom. The maximum absolute atomic E-state index is 11.7. The number of carbonyl (C=O) groups excluding carboxylic acids is 1. The Balaban J connectivity index is 2.12. The Kier molecular flexibility index (Phi) is 5.05. The van der Waals surface area contributed by atoms with E-state index in [-0.39, 0.29) is 11.4 Å². The van der Waals surface area contributed by atoms with Gasteiger partial charge in [-0.05, 0) is 19.3 Å². The van der Waals surface area contributed by atoms with Crippen LogP contribution in [0.1, 0.15) is 32.6 Å². The molecular formula is C11H21NO3. The molecule has 1 aliphatic rings. The Morgan fingerprint density at radius 3 is 2.53 bits per heavy atom. The van der Waals surface area contributed by atoms with E-state index in [0.29, 0.717) is 19.8 Å². The standard InChI is InChI=1S/C11H21NO3/c1-2-6-14-7-8-15-10(13)11(9-12)4-3-5-11/h2-9,12H2,1H3. The van der Waals surface area contributed by atoms with Crippen LogP contribution in [-0.2, 0) is 14.3 Å². The number of esters is 1. The molecule has 1 fully saturated rings. The Labute approximate surface area is 91.1 Å². The second-order valence-corrected chi connectivity index (χ2v) is 4.09. The summed E-state index contributed by atoms with van der Waals surface area (Å²) in [4.78, 5) is 11.7. The lowest BCUT2D eigenvalue weighted by Gasteiger charge is -2.37. The van der Waals surface area contributed by atoms with Crippen molar-refractivity contribution in [2.45, 2.75) is 32.6 Å². The van der Waals surface area contributed by atoms with Gasteiger partial charge in [0.1, 0.15) is 6.61 Å². The summed E-state index contributed by atoms with van der Waals surface area (Å²) >= 11 is 0. The molecule has 0 radical (unpaired) electrons. The summed E-state index contributed by atoms with van der Waals surface area (Å²) in [6.07, 6.45) is 3.82. The molecule has 0 atom stereocenters. The van der Waals surface area contributed by atoms with Gasteiger partial charge in [0.05, 0.1) is 12.0 Å². The lowest BCUT2D eigenvalue weighted by molar-refractivity contribution is -0.162. The van der Waals surface area contributed by atoms with Crippen LogP contribution in [0.25, 0.3) is 0 Å². The Hall–Kier alpha value is -0.610. The van der Waals surface area contributed by atoms with E-state index in [1.54, 1.807) is 0 Å². The molecule has 0 saturated heterocycles. The predicted octanol–water partition coefficient (Wildman–Crippen LogP) is 1.09. The number of ether oxygens (including phenoxy) is 2. The zero-order chi connectivity index (χ0) is 11.1. The SMILES string of the molecule is CCCOCCOC(=O)C1(CN)CCC1. The van der Waals surface area contributed by atoms with E-state index in [9.17, 15) is 4.79 Å². The van der Waals surface area contributed by atoms with Gasteiger partial charge in [0.15, 0.2) is 0 Å². The van der Waals surface area contributed by atoms with Crippen molar-refractivity contribution in [3.05, 3.63) is 0 Å². The lowest BCUT2D eigenvalue weighted by atomic mass is 9.69. The van der Waals surface area contributed by atoms with Crippen LogP contribution in [0.2, 0.25) is 0 Å². The summed E-state index contributed by atoms with van der Waals surface area (Å²) in [6.45, 7) is 4.01. The summed E-state index contributed by atoms with van der Waals surface area (Å²) in [7, 11) is 0. The van der Waals surface area contributed by atoms with E-state index in [1.807, 2.05) is 6.92 Å². The van der Waals surface area contributed by atoms with Crippen molar-refractivity contribution in [1.82, 2.24) is 0 Å². The second-order valence-electron chi connectivity index (χ2n) is 4.09. The first kappa shape index (κ1) is 12.5. The molecule has 0 aromatic heterocycles. The third-order valence-corrected chi connectivity index (χ3v) is 2.94. The number of hydrogen-bond donors (Lipinski definition) is 1. The smallest absolute Gasteiger partial charge is 0.313 e. The fourth-order valence-corrected chi connectivity index (χ4v) is 1.69. The molecule has 0 heterocycles. The number of carbonyl (C=O) groups is 1. The van der Waals surface area contributed by atoms with Gasteiger partial charge in [-0.3, -0.25) is 4.79 Å². The molecular weight excluding hydrogens is 194 g/mol. The minimum absolute atomic E-state index is 0.142. The first-order valence-electron chi connectivity index (χ1n) is 5.70. The topological polar surface area (TPSA) is 61.5 Å². The highest BCUT2D eigenvalue weighted by Gasteiger charge is 2.44. The number of hydrogen-bond acceptors (Lipinski definition) is 4. The van der Waals surface area contributed by atoms with Crippen LogP contribution < -0.4 is 5.73 Å². The lowest BCUT2D eigenvalue weighted by Crippen LogP contribution is -2.45. The van der Waals surface area contributed by atoms with E-state index in [2.05, 4.69) is 0 Å². The first-order chi connectivity index (χ1) is 7.25. The van der Waals surface area contributed by atoms with E-state index in [4.69, 9.17) is 15.2 Å². The summed E-state index contributed by atoms with van der Waals surface area (Å²) in [5.41, 5.74) is 5.22. The molecule has 0 unspecified atom stereocenters. The highest BCUT2D eigenvalue weighted by Crippen LogP contribution is 2.40. The molecule has 0 amide bonds. The van der Waals surface area contributed by atoms with Crippen molar-refractivity contribution in [3.8, 4) is 0 Å². The van der Waals surface area contributed by atoms with Crippen LogP contribution in [0.4, 0.5) is 0 Å². The van der Waals surface area contributed by atoms with E-state index in [0.717, 1.165) is 32.3 Å². The molecule has 0 spiro atoms. The second kappa shape index (κ2) is 6.08. The third kappa shape index (κ3) is 3.18. The molecule has 0 aromatic rings. The van der Waals surface area contributed by atoms with Gasteiger partial charge in [0, 0.05) is 13.2 Å². The predicted molar refractivity (Wildman–Crippen MR) is 57.4 cm³/mol. The van der Waals surface area contributed by atoms with Crippen LogP contribution in [-0.4, -0.2) is 32.3 Å². The van der Waals surface area contributed by atoms with Crippen molar-refractivity contribution in [3.63, 3.8) is 0 Å². The highest BCUT2D eigenvalue weighted by atomic mass is 16.6. The van der Waals surface area contributed by atoms with Crippen LogP contribution in [0.3, 0.4) is 0 Å². The zero-order valence-corrected chi connectivity index (χ0v) is 9.46. The van der Waals surface area contributed by atoms with Gasteiger partial charge in [0.25, 0.3) is 0 Å². The minimum Gasteiger partial charge on any atom is -0.463 e. The first-order valence-corrected chi connectivity index (χ1v) is 5.70. The van der Waals surface area contributed by atoms with Gasteiger partial charge < -0.3 is 15.2 Å². The van der Waals surface area contributed by atoms with Crippen molar-refractivity contribution < 1.29 is 14.3 Å². The normalized spacial score (nSPS) is 18.3. The monoisotopic (exact) mass is 215 g/mol. The van der Waals surface area contributed by atoms with Crippen molar-refractivity contribution in [1.29, 1.82) is 0 Å². The average molecular weight is 215 g/mol. The Bertz CT molecular complexity index is 196. The third-order valence-electron chi connectivity index (χ3n) is 2.94. The van der Waals surface area contributed by atoms with Crippen LogP contribution in [0, 0.1) is 5.41 Å². The highest BCUT2D eigenvalue weighted by molar-refractivity contribution is 5.78. The molecule has 4 nitrogen and oxygen atoms in total. The van der Waals surface area contributed by atoms with E-state index < -0.39 is 0 Å². The van der Waals surface area contributed by atoms with Gasteiger partial charge in [0.2, 0.25) is 0 Å². The fraction of sp³-hybridized carbons (Fsp3) is 0.909. The molecule has 0 bridgehead atoms. The van der Waals surface area contributed by atoms with Crippen LogP contribution in [0.5, 0.6) is 0 Å². The van der Waals surface area contributed by atoms with Crippen molar-refractivity contribution >= 4 is 5.97 Å². The quantitative estimate of drug-likeness (QED) is 0.510.